The van der Waals surface area contributed by atoms with Crippen LogP contribution in [0.3, 0.4) is 0 Å². The number of hydrogen-bond acceptors (Lipinski definition) is 3. The molecule has 0 radical (unpaired) electrons. The Bertz CT molecular complexity index is 662. The maximum Gasteiger partial charge on any atom is 0.235 e. The first-order chi connectivity index (χ1) is 8.70. The Morgan fingerprint density at radius 1 is 1.44 bits per heavy atom. The summed E-state index contributed by atoms with van der Waals surface area (Å²) < 4.78 is 5.41. The molecule has 1 N–H and O–H groups in total. The van der Waals surface area contributed by atoms with Gasteiger partial charge in [0.2, 0.25) is 6.08 Å². The monoisotopic (exact) mass is 242 g/mol. The molecule has 1 aliphatic rings. The highest BCUT2D eigenvalue weighted by Crippen LogP contribution is 2.51. The van der Waals surface area contributed by atoms with Crippen molar-refractivity contribution < 1.29 is 9.53 Å². The molecular formula is C14H14N2O2. The molecule has 0 bridgehead atoms. The summed E-state index contributed by atoms with van der Waals surface area (Å²) in [6.45, 7) is 2.05. The molecule has 1 aromatic carbocycles. The van der Waals surface area contributed by atoms with Gasteiger partial charge in [-0.3, -0.25) is 0 Å². The zero-order chi connectivity index (χ0) is 12.8. The first-order valence-electron chi connectivity index (χ1n) is 5.95. The fraction of sp³-hybridized carbons (Fsp3) is 0.357. The fourth-order valence-electron chi connectivity index (χ4n) is 2.43. The second-order valence-corrected chi connectivity index (χ2v) is 4.81. The van der Waals surface area contributed by atoms with E-state index in [-0.39, 0.29) is 5.54 Å². The van der Waals surface area contributed by atoms with Gasteiger partial charge >= 0.3 is 0 Å². The molecule has 1 heterocycles. The predicted molar refractivity (Wildman–Crippen MR) is 68.6 cm³/mol. The summed E-state index contributed by atoms with van der Waals surface area (Å²) >= 11 is 0. The minimum absolute atomic E-state index is 0.354. The molecule has 0 spiro atoms. The lowest BCUT2D eigenvalue weighted by molar-refractivity contribution is 0.418. The lowest BCUT2D eigenvalue weighted by Crippen LogP contribution is -2.02. The van der Waals surface area contributed by atoms with Crippen LogP contribution in [0.1, 0.15) is 24.0 Å². The Kier molecular flexibility index (Phi) is 2.28. The summed E-state index contributed by atoms with van der Waals surface area (Å²) in [6, 6.07) is 4.06. The molecule has 4 heteroatoms. The van der Waals surface area contributed by atoms with Gasteiger partial charge in [-0.05, 0) is 43.0 Å². The Morgan fingerprint density at radius 3 is 2.83 bits per heavy atom. The van der Waals surface area contributed by atoms with Crippen LogP contribution in [0.5, 0.6) is 5.75 Å². The van der Waals surface area contributed by atoms with Gasteiger partial charge in [0.1, 0.15) is 5.75 Å². The van der Waals surface area contributed by atoms with Crippen molar-refractivity contribution in [1.29, 1.82) is 0 Å². The van der Waals surface area contributed by atoms with E-state index in [1.807, 2.05) is 19.2 Å². The number of nitrogens with one attached hydrogen (secondary N) is 1. The van der Waals surface area contributed by atoms with Crippen molar-refractivity contribution in [2.45, 2.75) is 25.3 Å². The number of carbonyl (C=O) groups excluding carboxylic acids is 1. The van der Waals surface area contributed by atoms with E-state index in [0.29, 0.717) is 0 Å². The molecule has 0 atom stereocenters. The van der Waals surface area contributed by atoms with Crippen molar-refractivity contribution in [3.8, 4) is 5.75 Å². The van der Waals surface area contributed by atoms with Crippen LogP contribution >= 0.6 is 0 Å². The lowest BCUT2D eigenvalue weighted by Gasteiger charge is -2.11. The van der Waals surface area contributed by atoms with Crippen molar-refractivity contribution in [3.63, 3.8) is 0 Å². The molecule has 2 aromatic rings. The van der Waals surface area contributed by atoms with E-state index in [0.717, 1.165) is 40.6 Å². The van der Waals surface area contributed by atoms with E-state index in [9.17, 15) is 4.79 Å². The summed E-state index contributed by atoms with van der Waals surface area (Å²) in [5.41, 5.74) is 2.84. The highest BCUT2D eigenvalue weighted by atomic mass is 16.5. The third-order valence-electron chi connectivity index (χ3n) is 3.70. The normalized spacial score (nSPS) is 16.3. The third-order valence-corrected chi connectivity index (χ3v) is 3.70. The van der Waals surface area contributed by atoms with Crippen LogP contribution in [0.4, 0.5) is 0 Å². The molecule has 1 aliphatic carbocycles. The molecule has 1 fully saturated rings. The predicted octanol–water partition coefficient (Wildman–Crippen LogP) is 2.81. The number of aromatic nitrogens is 1. The summed E-state index contributed by atoms with van der Waals surface area (Å²) in [5, 5.41) is 1.12. The topological polar surface area (TPSA) is 54.4 Å². The number of hydrogen-bond donors (Lipinski definition) is 1. The summed E-state index contributed by atoms with van der Waals surface area (Å²) in [5.74, 6) is 0.794. The van der Waals surface area contributed by atoms with Crippen LogP contribution in [0.25, 0.3) is 10.9 Å². The minimum atomic E-state index is -0.354. The van der Waals surface area contributed by atoms with Gasteiger partial charge in [-0.1, -0.05) is 0 Å². The molecule has 0 amide bonds. The van der Waals surface area contributed by atoms with Crippen LogP contribution < -0.4 is 4.74 Å². The van der Waals surface area contributed by atoms with Crippen molar-refractivity contribution in [3.05, 3.63) is 29.5 Å². The van der Waals surface area contributed by atoms with E-state index in [1.165, 1.54) is 0 Å². The minimum Gasteiger partial charge on any atom is -0.495 e. The van der Waals surface area contributed by atoms with Gasteiger partial charge in [0.25, 0.3) is 0 Å². The Balaban J connectivity index is 2.25. The van der Waals surface area contributed by atoms with E-state index in [1.54, 1.807) is 13.2 Å². The maximum atomic E-state index is 10.5. The van der Waals surface area contributed by atoms with Crippen molar-refractivity contribution in [1.82, 2.24) is 4.98 Å². The SMILES string of the molecule is COc1cc(C2(N=C=O)CC2)cc2c(C)c[nH]c12. The molecule has 3 rings (SSSR count). The lowest BCUT2D eigenvalue weighted by atomic mass is 10.0. The number of benzene rings is 1. The van der Waals surface area contributed by atoms with Gasteiger partial charge in [0, 0.05) is 11.6 Å². The average molecular weight is 242 g/mol. The van der Waals surface area contributed by atoms with Crippen LogP contribution in [0, 0.1) is 6.92 Å². The van der Waals surface area contributed by atoms with Crippen molar-refractivity contribution in [2.24, 2.45) is 4.99 Å². The smallest absolute Gasteiger partial charge is 0.235 e. The number of isocyanates is 1. The number of aromatic amines is 1. The molecule has 1 saturated carbocycles. The average Bonchev–Trinajstić information content (AvgIpc) is 3.07. The summed E-state index contributed by atoms with van der Waals surface area (Å²) in [7, 11) is 1.65. The molecule has 1 aromatic heterocycles. The van der Waals surface area contributed by atoms with Gasteiger partial charge in [-0.25, -0.2) is 4.79 Å². The molecule has 18 heavy (non-hydrogen) atoms. The number of aliphatic imine (C=N–C) groups is 1. The number of fused-ring (bicyclic) bond motifs is 1. The molecule has 92 valence electrons. The quantitative estimate of drug-likeness (QED) is 0.664. The number of methoxy groups -OCH3 is 1. The standard InChI is InChI=1S/C14H14N2O2/c1-9-7-15-13-11(9)5-10(6-12(13)18-2)14(3-4-14)16-8-17/h5-7,15H,3-4H2,1-2H3. The van der Waals surface area contributed by atoms with E-state index >= 15 is 0 Å². The summed E-state index contributed by atoms with van der Waals surface area (Å²) in [6.07, 6.45) is 5.45. The molecular weight excluding hydrogens is 228 g/mol. The number of rotatable bonds is 3. The molecule has 0 saturated heterocycles. The van der Waals surface area contributed by atoms with Crippen LogP contribution in [-0.2, 0) is 10.3 Å². The van der Waals surface area contributed by atoms with Gasteiger partial charge in [-0.15, -0.1) is 0 Å². The Hall–Kier alpha value is -2.06. The Labute approximate surface area is 105 Å². The largest absolute Gasteiger partial charge is 0.495 e. The second kappa shape index (κ2) is 3.72. The zero-order valence-electron chi connectivity index (χ0n) is 10.4. The number of aryl methyl sites for hydroxylation is 1. The van der Waals surface area contributed by atoms with E-state index < -0.39 is 0 Å². The summed E-state index contributed by atoms with van der Waals surface area (Å²) in [4.78, 5) is 17.7. The van der Waals surface area contributed by atoms with Crippen LogP contribution in [-0.4, -0.2) is 18.2 Å². The van der Waals surface area contributed by atoms with Crippen LogP contribution in [0.15, 0.2) is 23.3 Å². The van der Waals surface area contributed by atoms with Gasteiger partial charge < -0.3 is 9.72 Å². The van der Waals surface area contributed by atoms with E-state index in [4.69, 9.17) is 4.74 Å². The second-order valence-electron chi connectivity index (χ2n) is 4.81. The van der Waals surface area contributed by atoms with Crippen LogP contribution in [0.2, 0.25) is 0 Å². The number of H-pyrrole nitrogens is 1. The number of nitrogens with zero attached hydrogens (tertiary/aromatic N) is 1. The van der Waals surface area contributed by atoms with Crippen molar-refractivity contribution in [2.75, 3.05) is 7.11 Å². The van der Waals surface area contributed by atoms with Gasteiger partial charge in [0.05, 0.1) is 18.2 Å². The molecule has 0 aliphatic heterocycles. The first kappa shape index (κ1) is 11.1. The van der Waals surface area contributed by atoms with Crippen molar-refractivity contribution >= 4 is 17.0 Å². The third kappa shape index (κ3) is 1.46. The highest BCUT2D eigenvalue weighted by molar-refractivity contribution is 5.89. The first-order valence-corrected chi connectivity index (χ1v) is 5.95. The van der Waals surface area contributed by atoms with E-state index in [2.05, 4.69) is 16.0 Å². The number of ether oxygens (including phenoxy) is 1. The van der Waals surface area contributed by atoms with Gasteiger partial charge in [-0.2, -0.15) is 4.99 Å². The molecule has 4 nitrogen and oxygen atoms in total. The zero-order valence-corrected chi connectivity index (χ0v) is 10.4. The maximum absolute atomic E-state index is 10.5. The Morgan fingerprint density at radius 2 is 2.22 bits per heavy atom. The fourth-order valence-corrected chi connectivity index (χ4v) is 2.43. The highest BCUT2D eigenvalue weighted by Gasteiger charge is 2.45. The molecule has 0 unspecified atom stereocenters. The van der Waals surface area contributed by atoms with Gasteiger partial charge in [0.15, 0.2) is 0 Å².